The van der Waals surface area contributed by atoms with Crippen molar-refractivity contribution in [2.45, 2.75) is 51.1 Å². The predicted molar refractivity (Wildman–Crippen MR) is 77.3 cm³/mol. The Hall–Kier alpha value is -0.460. The maximum atomic E-state index is 11.7. The second-order valence-electron chi connectivity index (χ2n) is 5.81. The quantitative estimate of drug-likeness (QED) is 0.926. The third-order valence-corrected chi connectivity index (χ3v) is 7.10. The van der Waals surface area contributed by atoms with Crippen LogP contribution in [0.2, 0.25) is 0 Å². The fourth-order valence-corrected chi connectivity index (χ4v) is 5.25. The van der Waals surface area contributed by atoms with Crippen molar-refractivity contribution in [1.29, 1.82) is 0 Å². The molecule has 0 unspecified atom stereocenters. The summed E-state index contributed by atoms with van der Waals surface area (Å²) >= 11 is 1.72. The van der Waals surface area contributed by atoms with Crippen molar-refractivity contribution >= 4 is 21.2 Å². The molecular weight excluding hydrogens is 280 g/mol. The molecule has 2 fully saturated rings. The Balaban J connectivity index is 1.92. The van der Waals surface area contributed by atoms with Gasteiger partial charge in [0.05, 0.1) is 22.7 Å². The Bertz CT molecular complexity index is 554. The van der Waals surface area contributed by atoms with Gasteiger partial charge in [-0.1, -0.05) is 0 Å². The average molecular weight is 300 g/mol. The first kappa shape index (κ1) is 13.5. The second-order valence-corrected chi connectivity index (χ2v) is 9.32. The van der Waals surface area contributed by atoms with Gasteiger partial charge in [0.2, 0.25) is 0 Å². The van der Waals surface area contributed by atoms with Gasteiger partial charge in [0.1, 0.15) is 14.8 Å². The Morgan fingerprint density at radius 3 is 2.37 bits per heavy atom. The number of rotatable bonds is 3. The summed E-state index contributed by atoms with van der Waals surface area (Å²) in [4.78, 5) is 5.93. The summed E-state index contributed by atoms with van der Waals surface area (Å²) in [7, 11) is -2.84. The first-order valence-corrected chi connectivity index (χ1v) is 9.47. The molecule has 3 rings (SSSR count). The van der Waals surface area contributed by atoms with Crippen LogP contribution in [0.1, 0.15) is 41.3 Å². The molecule has 0 radical (unpaired) electrons. The average Bonchev–Trinajstić information content (AvgIpc) is 3.09. The molecule has 1 saturated carbocycles. The molecule has 6 heteroatoms. The Morgan fingerprint density at radius 2 is 1.89 bits per heavy atom. The zero-order valence-electron chi connectivity index (χ0n) is 11.4. The molecule has 0 atom stereocenters. The van der Waals surface area contributed by atoms with Gasteiger partial charge >= 0.3 is 0 Å². The maximum Gasteiger partial charge on any atom is 0.150 e. The zero-order valence-corrected chi connectivity index (χ0v) is 13.0. The maximum absolute atomic E-state index is 11.7. The van der Waals surface area contributed by atoms with Crippen molar-refractivity contribution in [3.63, 3.8) is 0 Å². The number of thiazole rings is 1. The van der Waals surface area contributed by atoms with E-state index >= 15 is 0 Å². The summed E-state index contributed by atoms with van der Waals surface area (Å²) < 4.78 is 23.4. The first-order chi connectivity index (χ1) is 8.90. The zero-order chi connectivity index (χ0) is 13.7. The van der Waals surface area contributed by atoms with Crippen LogP contribution in [0.15, 0.2) is 0 Å². The van der Waals surface area contributed by atoms with Gasteiger partial charge in [0, 0.05) is 10.9 Å². The molecule has 1 saturated heterocycles. The highest BCUT2D eigenvalue weighted by atomic mass is 32.2. The Labute approximate surface area is 118 Å². The van der Waals surface area contributed by atoms with Crippen molar-refractivity contribution in [2.75, 3.05) is 11.5 Å². The summed E-state index contributed by atoms with van der Waals surface area (Å²) in [6, 6.07) is 0.560. The van der Waals surface area contributed by atoms with E-state index in [1.54, 1.807) is 11.3 Å². The minimum Gasteiger partial charge on any atom is -0.303 e. The topological polar surface area (TPSA) is 59.1 Å². The fourth-order valence-electron chi connectivity index (χ4n) is 2.60. The minimum atomic E-state index is -2.84. The van der Waals surface area contributed by atoms with E-state index in [2.05, 4.69) is 12.2 Å². The van der Waals surface area contributed by atoms with Crippen LogP contribution < -0.4 is 5.32 Å². The molecule has 0 spiro atoms. The lowest BCUT2D eigenvalue weighted by molar-refractivity contribution is 0.295. The molecule has 1 aromatic heterocycles. The van der Waals surface area contributed by atoms with Crippen LogP contribution in [-0.4, -0.2) is 30.9 Å². The van der Waals surface area contributed by atoms with Crippen molar-refractivity contribution in [1.82, 2.24) is 10.3 Å². The molecule has 2 aliphatic rings. The van der Waals surface area contributed by atoms with Crippen molar-refractivity contribution < 1.29 is 8.42 Å². The van der Waals surface area contributed by atoms with Crippen LogP contribution in [0.4, 0.5) is 0 Å². The van der Waals surface area contributed by atoms with Gasteiger partial charge < -0.3 is 5.32 Å². The number of nitrogens with one attached hydrogen (secondary N) is 1. The van der Waals surface area contributed by atoms with Gasteiger partial charge in [-0.25, -0.2) is 13.4 Å². The van der Waals surface area contributed by atoms with Crippen molar-refractivity contribution in [3.8, 4) is 0 Å². The molecule has 2 heterocycles. The van der Waals surface area contributed by atoms with Gasteiger partial charge in [0.15, 0.2) is 0 Å². The van der Waals surface area contributed by atoms with Gasteiger partial charge in [-0.15, -0.1) is 11.3 Å². The van der Waals surface area contributed by atoms with E-state index in [4.69, 9.17) is 4.98 Å². The molecule has 0 amide bonds. The third kappa shape index (κ3) is 2.71. The predicted octanol–water partition coefficient (Wildman–Crippen LogP) is 1.92. The fraction of sp³-hybridized carbons (Fsp3) is 0.769. The largest absolute Gasteiger partial charge is 0.303 e. The Kier molecular flexibility index (Phi) is 3.22. The van der Waals surface area contributed by atoms with Gasteiger partial charge in [-0.2, -0.15) is 0 Å². The smallest absolute Gasteiger partial charge is 0.150 e. The highest BCUT2D eigenvalue weighted by molar-refractivity contribution is 7.91. The Morgan fingerprint density at radius 1 is 1.26 bits per heavy atom. The molecular formula is C13H20N2O2S2. The summed E-state index contributed by atoms with van der Waals surface area (Å²) in [5.74, 6) is 0.564. The number of aromatic nitrogens is 1. The van der Waals surface area contributed by atoms with E-state index in [1.165, 1.54) is 17.7 Å². The third-order valence-electron chi connectivity index (χ3n) is 4.18. The number of sulfone groups is 1. The number of hydrogen-bond donors (Lipinski definition) is 1. The normalized spacial score (nSPS) is 25.4. The lowest BCUT2D eigenvalue weighted by Crippen LogP contribution is -2.49. The van der Waals surface area contributed by atoms with Crippen molar-refractivity contribution in [3.05, 3.63) is 15.6 Å². The number of aryl methyl sites for hydroxylation is 2. The van der Waals surface area contributed by atoms with Gasteiger partial charge in [-0.3, -0.25) is 0 Å². The molecule has 106 valence electrons. The van der Waals surface area contributed by atoms with Crippen LogP contribution in [-0.2, 0) is 15.4 Å². The number of hydrogen-bond acceptors (Lipinski definition) is 5. The van der Waals surface area contributed by atoms with Crippen molar-refractivity contribution in [2.24, 2.45) is 0 Å². The molecule has 0 bridgehead atoms. The van der Waals surface area contributed by atoms with Crippen LogP contribution in [0, 0.1) is 13.8 Å². The standard InChI is InChI=1S/C13H20N2O2S2/c1-9-10(2)18-12(14-9)13(15-11-3-4-11)5-7-19(16,17)8-6-13/h11,15H,3-8H2,1-2H3. The summed E-state index contributed by atoms with van der Waals surface area (Å²) in [6.07, 6.45) is 3.74. The van der Waals surface area contributed by atoms with E-state index in [1.807, 2.05) is 6.92 Å². The summed E-state index contributed by atoms with van der Waals surface area (Å²) in [5.41, 5.74) is 0.876. The van der Waals surface area contributed by atoms with Gasteiger partial charge in [0.25, 0.3) is 0 Å². The van der Waals surface area contributed by atoms with E-state index in [-0.39, 0.29) is 17.0 Å². The molecule has 1 aromatic rings. The number of nitrogens with zero attached hydrogens (tertiary/aromatic N) is 1. The molecule has 1 aliphatic carbocycles. The second kappa shape index (κ2) is 4.53. The summed E-state index contributed by atoms with van der Waals surface area (Å²) in [5, 5.41) is 4.77. The molecule has 1 N–H and O–H groups in total. The summed E-state index contributed by atoms with van der Waals surface area (Å²) in [6.45, 7) is 4.11. The van der Waals surface area contributed by atoms with Crippen LogP contribution in [0.3, 0.4) is 0 Å². The highest BCUT2D eigenvalue weighted by Gasteiger charge is 2.44. The molecule has 4 nitrogen and oxygen atoms in total. The lowest BCUT2D eigenvalue weighted by Gasteiger charge is -2.36. The van der Waals surface area contributed by atoms with E-state index < -0.39 is 9.84 Å². The van der Waals surface area contributed by atoms with Crippen LogP contribution >= 0.6 is 11.3 Å². The van der Waals surface area contributed by atoms with E-state index in [0.717, 1.165) is 10.7 Å². The van der Waals surface area contributed by atoms with E-state index in [9.17, 15) is 8.42 Å². The molecule has 19 heavy (non-hydrogen) atoms. The minimum absolute atomic E-state index is 0.198. The molecule has 1 aliphatic heterocycles. The SMILES string of the molecule is Cc1nc(C2(NC3CC3)CCS(=O)(=O)CC2)sc1C. The van der Waals surface area contributed by atoms with Crippen LogP contribution in [0.25, 0.3) is 0 Å². The highest BCUT2D eigenvalue weighted by Crippen LogP contribution is 2.39. The lowest BCUT2D eigenvalue weighted by atomic mass is 9.92. The van der Waals surface area contributed by atoms with E-state index in [0.29, 0.717) is 18.9 Å². The van der Waals surface area contributed by atoms with Crippen LogP contribution in [0.5, 0.6) is 0 Å². The molecule has 0 aromatic carbocycles. The first-order valence-electron chi connectivity index (χ1n) is 6.83. The monoisotopic (exact) mass is 300 g/mol. The van der Waals surface area contributed by atoms with Gasteiger partial charge in [-0.05, 0) is 39.5 Å².